The molecule has 0 saturated heterocycles. The molecule has 27 heavy (non-hydrogen) atoms. The Morgan fingerprint density at radius 1 is 1.30 bits per heavy atom. The van der Waals surface area contributed by atoms with E-state index in [4.69, 9.17) is 15.6 Å². The molecule has 1 aliphatic rings. The summed E-state index contributed by atoms with van der Waals surface area (Å²) >= 11 is 1.35. The zero-order valence-corrected chi connectivity index (χ0v) is 16.2. The molecule has 146 valence electrons. The number of benzene rings is 1. The fourth-order valence-corrected chi connectivity index (χ4v) is 4.13. The van der Waals surface area contributed by atoms with E-state index in [-0.39, 0.29) is 25.1 Å². The summed E-state index contributed by atoms with van der Waals surface area (Å²) < 4.78 is 5.88. The summed E-state index contributed by atoms with van der Waals surface area (Å²) in [6, 6.07) is 6.83. The zero-order chi connectivity index (χ0) is 19.1. The fraction of sp³-hybridized carbons (Fsp3) is 0.500. The van der Waals surface area contributed by atoms with Crippen molar-refractivity contribution < 1.29 is 14.6 Å². The molecule has 1 amide bonds. The van der Waals surface area contributed by atoms with Crippen molar-refractivity contribution in [3.63, 3.8) is 0 Å². The van der Waals surface area contributed by atoms with Crippen molar-refractivity contribution >= 4 is 17.2 Å². The van der Waals surface area contributed by atoms with Gasteiger partial charge in [0.2, 0.25) is 0 Å². The molecule has 4 N–H and O–H groups in total. The third-order valence-electron chi connectivity index (χ3n) is 4.89. The first kappa shape index (κ1) is 19.8. The molecule has 2 aromatic rings. The average molecular weight is 390 g/mol. The lowest BCUT2D eigenvalue weighted by Gasteiger charge is -2.21. The highest BCUT2D eigenvalue weighted by molar-refractivity contribution is 7.11. The second-order valence-electron chi connectivity index (χ2n) is 6.92. The van der Waals surface area contributed by atoms with Gasteiger partial charge >= 0.3 is 0 Å². The minimum atomic E-state index is -0.370. The van der Waals surface area contributed by atoms with E-state index in [0.29, 0.717) is 16.5 Å². The summed E-state index contributed by atoms with van der Waals surface area (Å²) in [6.07, 6.45) is 8.04. The van der Waals surface area contributed by atoms with Gasteiger partial charge in [0.25, 0.3) is 5.91 Å². The summed E-state index contributed by atoms with van der Waals surface area (Å²) in [4.78, 5) is 17.5. The van der Waals surface area contributed by atoms with Crippen LogP contribution >= 0.6 is 11.3 Å². The van der Waals surface area contributed by atoms with Gasteiger partial charge in [-0.1, -0.05) is 19.3 Å². The standard InChI is InChI=1S/C20H27N3O3S/c21-10-18(20-22-11-17(12-24)27-20)23-19(25)15-6-8-16(9-7-15)26-13-14-4-2-1-3-5-14/h6-9,11,14,18,24H,1-5,10,12-13,21H2,(H,23,25)/t18-/m0/s1. The fourth-order valence-electron chi connectivity index (χ4n) is 3.29. The van der Waals surface area contributed by atoms with Crippen molar-refractivity contribution in [2.24, 2.45) is 11.7 Å². The first-order valence-electron chi connectivity index (χ1n) is 9.49. The number of rotatable bonds is 8. The van der Waals surface area contributed by atoms with Gasteiger partial charge in [-0.15, -0.1) is 11.3 Å². The van der Waals surface area contributed by atoms with E-state index < -0.39 is 0 Å². The molecule has 7 heteroatoms. The normalized spacial score (nSPS) is 16.1. The number of nitrogens with zero attached hydrogens (tertiary/aromatic N) is 1. The number of aromatic nitrogens is 1. The van der Waals surface area contributed by atoms with Gasteiger partial charge in [0.1, 0.15) is 10.8 Å². The van der Waals surface area contributed by atoms with Gasteiger partial charge in [-0.05, 0) is 43.0 Å². The Kier molecular flexibility index (Phi) is 7.20. The van der Waals surface area contributed by atoms with Crippen LogP contribution < -0.4 is 15.8 Å². The maximum Gasteiger partial charge on any atom is 0.251 e. The Balaban J connectivity index is 1.54. The van der Waals surface area contributed by atoms with Crippen LogP contribution in [0, 0.1) is 5.92 Å². The highest BCUT2D eigenvalue weighted by Crippen LogP contribution is 2.25. The van der Waals surface area contributed by atoms with Crippen LogP contribution in [0.5, 0.6) is 5.75 Å². The summed E-state index contributed by atoms with van der Waals surface area (Å²) in [6.45, 7) is 0.927. The number of carbonyl (C=O) groups excluding carboxylic acids is 1. The number of carbonyl (C=O) groups is 1. The second-order valence-corrected chi connectivity index (χ2v) is 8.07. The smallest absolute Gasteiger partial charge is 0.251 e. The van der Waals surface area contributed by atoms with Gasteiger partial charge in [0, 0.05) is 18.3 Å². The van der Waals surface area contributed by atoms with Crippen LogP contribution in [0.1, 0.15) is 58.4 Å². The lowest BCUT2D eigenvalue weighted by molar-refractivity contribution is 0.0937. The highest BCUT2D eigenvalue weighted by atomic mass is 32.1. The minimum Gasteiger partial charge on any atom is -0.493 e. The van der Waals surface area contributed by atoms with Gasteiger partial charge < -0.3 is 20.9 Å². The molecule has 1 aliphatic carbocycles. The molecule has 3 rings (SSSR count). The van der Waals surface area contributed by atoms with Gasteiger partial charge in [0.05, 0.1) is 24.1 Å². The third kappa shape index (κ3) is 5.51. The Morgan fingerprint density at radius 2 is 2.04 bits per heavy atom. The highest BCUT2D eigenvalue weighted by Gasteiger charge is 2.18. The molecular weight excluding hydrogens is 362 g/mol. The Morgan fingerprint density at radius 3 is 2.67 bits per heavy atom. The molecule has 0 radical (unpaired) electrons. The van der Waals surface area contributed by atoms with E-state index in [1.807, 2.05) is 12.1 Å². The maximum absolute atomic E-state index is 12.5. The summed E-state index contributed by atoms with van der Waals surface area (Å²) in [5, 5.41) is 12.8. The number of nitrogens with one attached hydrogen (secondary N) is 1. The van der Waals surface area contributed by atoms with E-state index in [1.54, 1.807) is 18.3 Å². The van der Waals surface area contributed by atoms with Crippen LogP contribution in [-0.4, -0.2) is 29.1 Å². The number of thiazole rings is 1. The molecule has 1 fully saturated rings. The topological polar surface area (TPSA) is 97.5 Å². The predicted octanol–water partition coefficient (Wildman–Crippen LogP) is 3.02. The second kappa shape index (κ2) is 9.82. The number of aliphatic hydroxyl groups excluding tert-OH is 1. The van der Waals surface area contributed by atoms with E-state index in [9.17, 15) is 4.79 Å². The molecule has 1 heterocycles. The van der Waals surface area contributed by atoms with Crippen molar-refractivity contribution in [3.8, 4) is 5.75 Å². The predicted molar refractivity (Wildman–Crippen MR) is 106 cm³/mol. The Labute approximate surface area is 163 Å². The van der Waals surface area contributed by atoms with E-state index >= 15 is 0 Å². The SMILES string of the molecule is NC[C@H](NC(=O)c1ccc(OCC2CCCCC2)cc1)c1ncc(CO)s1. The summed E-state index contributed by atoms with van der Waals surface area (Å²) in [7, 11) is 0. The quantitative estimate of drug-likeness (QED) is 0.645. The molecule has 6 nitrogen and oxygen atoms in total. The summed E-state index contributed by atoms with van der Waals surface area (Å²) in [5.41, 5.74) is 6.34. The molecular formula is C20H27N3O3S. The number of hydrogen-bond acceptors (Lipinski definition) is 6. The van der Waals surface area contributed by atoms with Crippen molar-refractivity contribution in [2.45, 2.75) is 44.8 Å². The summed E-state index contributed by atoms with van der Waals surface area (Å²) in [5.74, 6) is 1.24. The van der Waals surface area contributed by atoms with Gasteiger partial charge in [0.15, 0.2) is 0 Å². The molecule has 1 atom stereocenters. The van der Waals surface area contributed by atoms with E-state index in [0.717, 1.165) is 17.2 Å². The average Bonchev–Trinajstić information content (AvgIpc) is 3.20. The van der Waals surface area contributed by atoms with Crippen LogP contribution in [0.4, 0.5) is 0 Å². The van der Waals surface area contributed by atoms with Gasteiger partial charge in [-0.2, -0.15) is 0 Å². The van der Waals surface area contributed by atoms with Crippen LogP contribution in [0.15, 0.2) is 30.5 Å². The third-order valence-corrected chi connectivity index (χ3v) is 5.99. The minimum absolute atomic E-state index is 0.0643. The zero-order valence-electron chi connectivity index (χ0n) is 15.4. The van der Waals surface area contributed by atoms with Crippen LogP contribution in [0.3, 0.4) is 0 Å². The van der Waals surface area contributed by atoms with Crippen LogP contribution in [-0.2, 0) is 6.61 Å². The lowest BCUT2D eigenvalue weighted by atomic mass is 9.90. The molecule has 1 saturated carbocycles. The number of ether oxygens (including phenoxy) is 1. The van der Waals surface area contributed by atoms with Crippen molar-refractivity contribution in [2.75, 3.05) is 13.2 Å². The first-order valence-corrected chi connectivity index (χ1v) is 10.3. The molecule has 0 spiro atoms. The van der Waals surface area contributed by atoms with Crippen LogP contribution in [0.2, 0.25) is 0 Å². The Hall–Kier alpha value is -1.96. The largest absolute Gasteiger partial charge is 0.493 e. The molecule has 0 unspecified atom stereocenters. The number of nitrogens with two attached hydrogens (primary N) is 1. The van der Waals surface area contributed by atoms with Crippen molar-refractivity contribution in [1.82, 2.24) is 10.3 Å². The molecule has 0 bridgehead atoms. The Bertz CT molecular complexity index is 726. The first-order chi connectivity index (χ1) is 13.2. The van der Waals surface area contributed by atoms with Gasteiger partial charge in [-0.25, -0.2) is 4.98 Å². The lowest BCUT2D eigenvalue weighted by Crippen LogP contribution is -2.33. The van der Waals surface area contributed by atoms with Crippen molar-refractivity contribution in [1.29, 1.82) is 0 Å². The number of hydrogen-bond donors (Lipinski definition) is 3. The number of amides is 1. The van der Waals surface area contributed by atoms with E-state index in [2.05, 4.69) is 10.3 Å². The van der Waals surface area contributed by atoms with Gasteiger partial charge in [-0.3, -0.25) is 4.79 Å². The van der Waals surface area contributed by atoms with Crippen LogP contribution in [0.25, 0.3) is 0 Å². The monoisotopic (exact) mass is 389 g/mol. The molecule has 1 aromatic heterocycles. The maximum atomic E-state index is 12.5. The van der Waals surface area contributed by atoms with E-state index in [1.165, 1.54) is 43.4 Å². The molecule has 0 aliphatic heterocycles. The number of aliphatic hydroxyl groups is 1. The molecule has 1 aromatic carbocycles. The van der Waals surface area contributed by atoms with Crippen molar-refractivity contribution in [3.05, 3.63) is 45.9 Å².